The van der Waals surface area contributed by atoms with E-state index in [4.69, 9.17) is 15.9 Å². The average molecular weight is 272 g/mol. The number of amidine groups is 1. The minimum Gasteiger partial charge on any atom is -0.496 e. The predicted octanol–water partition coefficient (Wildman–Crippen LogP) is 2.35. The maximum atomic E-state index is 7.54. The Kier molecular flexibility index (Phi) is 4.08. The topological polar surface area (TPSA) is 76.9 Å². The lowest BCUT2D eigenvalue weighted by molar-refractivity contribution is 0.408. The zero-order chi connectivity index (χ0) is 14.7. The van der Waals surface area contributed by atoms with Gasteiger partial charge in [-0.1, -0.05) is 13.8 Å². The van der Waals surface area contributed by atoms with Crippen LogP contribution in [0.25, 0.3) is 0 Å². The minimum atomic E-state index is 0.0589. The summed E-state index contributed by atoms with van der Waals surface area (Å²) in [4.78, 5) is 4.38. The van der Waals surface area contributed by atoms with Gasteiger partial charge in [-0.15, -0.1) is 0 Å². The lowest BCUT2D eigenvalue weighted by Gasteiger charge is -2.14. The molecule has 1 heterocycles. The van der Waals surface area contributed by atoms with Gasteiger partial charge >= 0.3 is 0 Å². The van der Waals surface area contributed by atoms with Crippen molar-refractivity contribution in [2.45, 2.75) is 26.3 Å². The first kappa shape index (κ1) is 14.1. The van der Waals surface area contributed by atoms with Crippen LogP contribution >= 0.6 is 0 Å². The molecule has 0 saturated heterocycles. The molecule has 0 saturated carbocycles. The van der Waals surface area contributed by atoms with Crippen molar-refractivity contribution in [3.05, 3.63) is 47.5 Å². The smallest absolute Gasteiger partial charge is 0.123 e. The van der Waals surface area contributed by atoms with Crippen molar-refractivity contribution in [2.24, 2.45) is 5.73 Å². The lowest BCUT2D eigenvalue weighted by atomic mass is 10.1. The Balaban J connectivity index is 2.38. The number of hydrogen-bond donors (Lipinski definition) is 2. The molecule has 5 heteroatoms. The van der Waals surface area contributed by atoms with E-state index in [9.17, 15) is 0 Å². The van der Waals surface area contributed by atoms with E-state index in [1.165, 1.54) is 0 Å². The van der Waals surface area contributed by atoms with Crippen LogP contribution < -0.4 is 10.5 Å². The van der Waals surface area contributed by atoms with Gasteiger partial charge in [0.25, 0.3) is 0 Å². The van der Waals surface area contributed by atoms with Crippen LogP contribution in [0.1, 0.15) is 36.7 Å². The van der Waals surface area contributed by atoms with Gasteiger partial charge in [0.2, 0.25) is 0 Å². The molecule has 0 spiro atoms. The SMILES string of the molecule is COc1ccc(C(=N)N)cc1Cn1ccnc1C(C)C. The zero-order valence-electron chi connectivity index (χ0n) is 12.1. The third kappa shape index (κ3) is 2.82. The van der Waals surface area contributed by atoms with E-state index in [0.717, 1.165) is 17.1 Å². The third-order valence-electron chi connectivity index (χ3n) is 3.20. The predicted molar refractivity (Wildman–Crippen MR) is 79.4 cm³/mol. The van der Waals surface area contributed by atoms with E-state index in [2.05, 4.69) is 23.4 Å². The summed E-state index contributed by atoms with van der Waals surface area (Å²) in [6, 6.07) is 5.53. The van der Waals surface area contributed by atoms with Crippen LogP contribution in [0.5, 0.6) is 5.75 Å². The summed E-state index contributed by atoms with van der Waals surface area (Å²) >= 11 is 0. The standard InChI is InChI=1S/C15H20N4O/c1-10(2)15-18-6-7-19(15)9-12-8-11(14(16)17)4-5-13(12)20-3/h4-8,10H,9H2,1-3H3,(H3,16,17). The molecule has 0 unspecified atom stereocenters. The number of aromatic nitrogens is 2. The highest BCUT2D eigenvalue weighted by Gasteiger charge is 2.11. The van der Waals surface area contributed by atoms with Crippen LogP contribution in [0, 0.1) is 5.41 Å². The normalized spacial score (nSPS) is 10.8. The molecule has 2 aromatic rings. The molecule has 0 amide bonds. The van der Waals surface area contributed by atoms with E-state index < -0.39 is 0 Å². The molecule has 1 aromatic carbocycles. The molecule has 3 N–H and O–H groups in total. The van der Waals surface area contributed by atoms with Gasteiger partial charge in [-0.2, -0.15) is 0 Å². The fourth-order valence-electron chi connectivity index (χ4n) is 2.21. The van der Waals surface area contributed by atoms with Crippen LogP contribution in [0.15, 0.2) is 30.6 Å². The molecule has 106 valence electrons. The van der Waals surface area contributed by atoms with Gasteiger partial charge in [-0.25, -0.2) is 4.98 Å². The number of nitrogens with zero attached hydrogens (tertiary/aromatic N) is 2. The Morgan fingerprint density at radius 1 is 1.45 bits per heavy atom. The van der Waals surface area contributed by atoms with Gasteiger partial charge in [0.15, 0.2) is 0 Å². The Morgan fingerprint density at radius 2 is 2.20 bits per heavy atom. The van der Waals surface area contributed by atoms with Crippen LogP contribution in [0.4, 0.5) is 0 Å². The molecular formula is C15H20N4O. The number of ether oxygens (including phenoxy) is 1. The van der Waals surface area contributed by atoms with Crippen LogP contribution in [0.3, 0.4) is 0 Å². The Bertz CT molecular complexity index is 616. The van der Waals surface area contributed by atoms with Crippen LogP contribution in [0.2, 0.25) is 0 Å². The number of nitrogen functional groups attached to an aromatic ring is 1. The van der Waals surface area contributed by atoms with E-state index in [-0.39, 0.29) is 5.84 Å². The Labute approximate surface area is 118 Å². The molecular weight excluding hydrogens is 252 g/mol. The van der Waals surface area contributed by atoms with Crippen molar-refractivity contribution in [1.29, 1.82) is 5.41 Å². The first-order valence-electron chi connectivity index (χ1n) is 6.55. The number of hydrogen-bond acceptors (Lipinski definition) is 3. The number of benzene rings is 1. The number of imidazole rings is 1. The molecule has 0 radical (unpaired) electrons. The fourth-order valence-corrected chi connectivity index (χ4v) is 2.21. The van der Waals surface area contributed by atoms with Gasteiger partial charge in [0, 0.05) is 29.4 Å². The summed E-state index contributed by atoms with van der Waals surface area (Å²) in [7, 11) is 1.64. The fraction of sp³-hybridized carbons (Fsp3) is 0.333. The molecule has 2 rings (SSSR count). The van der Waals surface area contributed by atoms with Crippen molar-refractivity contribution in [2.75, 3.05) is 7.11 Å². The van der Waals surface area contributed by atoms with Crippen molar-refractivity contribution in [3.63, 3.8) is 0 Å². The molecule has 0 atom stereocenters. The second kappa shape index (κ2) is 5.77. The molecule has 20 heavy (non-hydrogen) atoms. The third-order valence-corrected chi connectivity index (χ3v) is 3.20. The average Bonchev–Trinajstić information content (AvgIpc) is 2.87. The van der Waals surface area contributed by atoms with Crippen molar-refractivity contribution in [3.8, 4) is 5.75 Å². The van der Waals surface area contributed by atoms with E-state index in [0.29, 0.717) is 18.0 Å². The first-order chi connectivity index (χ1) is 9.52. The van der Waals surface area contributed by atoms with Crippen molar-refractivity contribution < 1.29 is 4.74 Å². The zero-order valence-corrected chi connectivity index (χ0v) is 12.1. The molecule has 1 aromatic heterocycles. The van der Waals surface area contributed by atoms with Crippen LogP contribution in [-0.2, 0) is 6.54 Å². The van der Waals surface area contributed by atoms with Gasteiger partial charge in [-0.3, -0.25) is 5.41 Å². The largest absolute Gasteiger partial charge is 0.496 e. The number of rotatable bonds is 5. The molecule has 0 aliphatic rings. The number of methoxy groups -OCH3 is 1. The highest BCUT2D eigenvalue weighted by Crippen LogP contribution is 2.22. The second-order valence-corrected chi connectivity index (χ2v) is 5.01. The van der Waals surface area contributed by atoms with Crippen molar-refractivity contribution >= 4 is 5.84 Å². The summed E-state index contributed by atoms with van der Waals surface area (Å²) in [5.41, 5.74) is 7.24. The molecule has 0 fully saturated rings. The maximum absolute atomic E-state index is 7.54. The van der Waals surface area contributed by atoms with Gasteiger partial charge in [0.05, 0.1) is 13.7 Å². The maximum Gasteiger partial charge on any atom is 0.123 e. The Morgan fingerprint density at radius 3 is 2.80 bits per heavy atom. The quantitative estimate of drug-likeness (QED) is 0.648. The highest BCUT2D eigenvalue weighted by atomic mass is 16.5. The summed E-state index contributed by atoms with van der Waals surface area (Å²) < 4.78 is 7.47. The van der Waals surface area contributed by atoms with E-state index in [1.54, 1.807) is 19.4 Å². The van der Waals surface area contributed by atoms with Gasteiger partial charge in [-0.05, 0) is 18.2 Å². The van der Waals surface area contributed by atoms with Gasteiger partial charge < -0.3 is 15.0 Å². The summed E-state index contributed by atoms with van der Waals surface area (Å²) in [6.45, 7) is 4.88. The second-order valence-electron chi connectivity index (χ2n) is 5.01. The molecule has 0 aliphatic heterocycles. The monoisotopic (exact) mass is 272 g/mol. The van der Waals surface area contributed by atoms with Gasteiger partial charge in [0.1, 0.15) is 17.4 Å². The van der Waals surface area contributed by atoms with Crippen molar-refractivity contribution in [1.82, 2.24) is 9.55 Å². The summed E-state index contributed by atoms with van der Waals surface area (Å²) in [5, 5.41) is 7.54. The Hall–Kier alpha value is -2.30. The lowest BCUT2D eigenvalue weighted by Crippen LogP contribution is -2.13. The van der Waals surface area contributed by atoms with E-state index in [1.807, 2.05) is 18.3 Å². The van der Waals surface area contributed by atoms with E-state index >= 15 is 0 Å². The van der Waals surface area contributed by atoms with Crippen LogP contribution in [-0.4, -0.2) is 22.5 Å². The molecule has 5 nitrogen and oxygen atoms in total. The summed E-state index contributed by atoms with van der Waals surface area (Å²) in [6.07, 6.45) is 3.76. The molecule has 0 bridgehead atoms. The summed E-state index contributed by atoms with van der Waals surface area (Å²) in [5.74, 6) is 2.23. The molecule has 0 aliphatic carbocycles. The highest BCUT2D eigenvalue weighted by molar-refractivity contribution is 5.95. The number of nitrogens with two attached hydrogens (primary N) is 1. The first-order valence-corrected chi connectivity index (χ1v) is 6.55. The number of nitrogens with one attached hydrogen (secondary N) is 1. The minimum absolute atomic E-state index is 0.0589.